The number of hydrogen-bond donors (Lipinski definition) is 3. The van der Waals surface area contributed by atoms with Crippen molar-refractivity contribution in [1.82, 2.24) is 10.2 Å². The molecule has 0 aliphatic rings. The minimum atomic E-state index is -0.841. The minimum absolute atomic E-state index is 0.0172. The number of aliphatic hydroxyl groups is 1. The van der Waals surface area contributed by atoms with Crippen LogP contribution in [-0.2, 0) is 16.1 Å². The number of benzene rings is 1. The predicted octanol–water partition coefficient (Wildman–Crippen LogP) is 2.31. The van der Waals surface area contributed by atoms with Gasteiger partial charge in [-0.05, 0) is 12.5 Å². The van der Waals surface area contributed by atoms with E-state index in [2.05, 4.69) is 10.2 Å². The van der Waals surface area contributed by atoms with Crippen molar-refractivity contribution in [1.29, 1.82) is 0 Å². The van der Waals surface area contributed by atoms with Gasteiger partial charge in [0.2, 0.25) is 11.2 Å². The first-order valence-corrected chi connectivity index (χ1v) is 8.76. The molecule has 2 heterocycles. The fraction of sp³-hybridized carbons (Fsp3) is 0.250. The molecule has 8 heteroatoms. The van der Waals surface area contributed by atoms with Crippen molar-refractivity contribution in [2.24, 2.45) is 0 Å². The number of aliphatic hydroxyl groups excluding tert-OH is 1. The Morgan fingerprint density at radius 2 is 2.07 bits per heavy atom. The van der Waals surface area contributed by atoms with Gasteiger partial charge in [0.1, 0.15) is 12.4 Å². The first-order valence-electron chi connectivity index (χ1n) is 8.76. The summed E-state index contributed by atoms with van der Waals surface area (Å²) in [6.45, 7) is 1.35. The van der Waals surface area contributed by atoms with Crippen molar-refractivity contribution in [3.63, 3.8) is 0 Å². The Balaban J connectivity index is 2.15. The zero-order valence-electron chi connectivity index (χ0n) is 15.2. The molecule has 0 bridgehead atoms. The van der Waals surface area contributed by atoms with Crippen molar-refractivity contribution in [3.05, 3.63) is 69.9 Å². The average Bonchev–Trinajstić information content (AvgIpc) is 3.19. The zero-order valence-corrected chi connectivity index (χ0v) is 15.2. The number of esters is 1. The van der Waals surface area contributed by atoms with Gasteiger partial charge in [-0.25, -0.2) is 0 Å². The van der Waals surface area contributed by atoms with Crippen LogP contribution in [-0.4, -0.2) is 33.0 Å². The summed E-state index contributed by atoms with van der Waals surface area (Å²) in [5.41, 5.74) is 1.27. The van der Waals surface area contributed by atoms with Gasteiger partial charge in [-0.3, -0.25) is 14.7 Å². The molecule has 0 saturated heterocycles. The highest BCUT2D eigenvalue weighted by Crippen LogP contribution is 2.37. The van der Waals surface area contributed by atoms with E-state index in [1.54, 1.807) is 6.92 Å². The van der Waals surface area contributed by atoms with Crippen LogP contribution < -0.4 is 5.43 Å². The number of rotatable bonds is 7. The summed E-state index contributed by atoms with van der Waals surface area (Å²) in [6, 6.07) is 10.3. The van der Waals surface area contributed by atoms with Crippen LogP contribution in [0.1, 0.15) is 36.3 Å². The molecule has 0 fully saturated rings. The van der Waals surface area contributed by atoms with Crippen LogP contribution >= 0.6 is 0 Å². The molecule has 146 valence electrons. The molecule has 0 amide bonds. The third-order valence-corrected chi connectivity index (χ3v) is 4.25. The average molecular weight is 384 g/mol. The van der Waals surface area contributed by atoms with Gasteiger partial charge in [-0.15, -0.1) is 0 Å². The molecule has 1 aromatic carbocycles. The number of hydrogen-bond acceptors (Lipinski definition) is 7. The number of aromatic nitrogens is 2. The molecule has 3 N–H and O–H groups in total. The standard InChI is InChI=1S/C20H20N2O6/c1-2-27-17(25)9-14(20-19(26)16(24)8-13(11-23)28-20)15-10-21-22-18(15)12-6-4-3-5-7-12/h3-8,10,14,23,26H,2,9,11H2,1H3,(H,21,22)/t14-/m0/s1. The van der Waals surface area contributed by atoms with Gasteiger partial charge in [-0.2, -0.15) is 5.10 Å². The molecule has 0 aliphatic heterocycles. The summed E-state index contributed by atoms with van der Waals surface area (Å²) in [7, 11) is 0. The van der Waals surface area contributed by atoms with Crippen LogP contribution in [0, 0.1) is 0 Å². The lowest BCUT2D eigenvalue weighted by Crippen LogP contribution is -2.15. The van der Waals surface area contributed by atoms with E-state index in [0.717, 1.165) is 11.6 Å². The number of ether oxygens (including phenoxy) is 1. The number of carbonyl (C=O) groups excluding carboxylic acids is 1. The summed E-state index contributed by atoms with van der Waals surface area (Å²) in [6.07, 6.45) is 1.33. The first-order chi connectivity index (χ1) is 13.5. The smallest absolute Gasteiger partial charge is 0.306 e. The second-order valence-electron chi connectivity index (χ2n) is 6.08. The molecular formula is C20H20N2O6. The van der Waals surface area contributed by atoms with E-state index in [4.69, 9.17) is 9.15 Å². The molecule has 3 aromatic rings. The topological polar surface area (TPSA) is 126 Å². The molecular weight excluding hydrogens is 364 g/mol. The van der Waals surface area contributed by atoms with E-state index in [1.807, 2.05) is 30.3 Å². The molecule has 0 saturated carbocycles. The number of nitrogens with zero attached hydrogens (tertiary/aromatic N) is 1. The van der Waals surface area contributed by atoms with Gasteiger partial charge in [-0.1, -0.05) is 30.3 Å². The highest BCUT2D eigenvalue weighted by atomic mass is 16.5. The Bertz CT molecular complexity index is 1010. The molecule has 2 aromatic heterocycles. The summed E-state index contributed by atoms with van der Waals surface area (Å²) in [5, 5.41) is 26.6. The fourth-order valence-corrected chi connectivity index (χ4v) is 3.00. The van der Waals surface area contributed by atoms with E-state index in [1.165, 1.54) is 6.20 Å². The van der Waals surface area contributed by atoms with E-state index >= 15 is 0 Å². The van der Waals surface area contributed by atoms with Gasteiger partial charge in [0, 0.05) is 11.6 Å². The number of aromatic hydroxyl groups is 1. The second kappa shape index (κ2) is 8.53. The Kier molecular flexibility index (Phi) is 5.90. The highest BCUT2D eigenvalue weighted by Gasteiger charge is 2.30. The summed E-state index contributed by atoms with van der Waals surface area (Å²) in [4.78, 5) is 24.3. The molecule has 0 unspecified atom stereocenters. The largest absolute Gasteiger partial charge is 0.502 e. The van der Waals surface area contributed by atoms with Gasteiger partial charge >= 0.3 is 5.97 Å². The van der Waals surface area contributed by atoms with Crippen LogP contribution in [0.15, 0.2) is 51.8 Å². The number of aromatic amines is 1. The molecule has 8 nitrogen and oxygen atoms in total. The van der Waals surface area contributed by atoms with Gasteiger partial charge in [0.15, 0.2) is 5.76 Å². The molecule has 28 heavy (non-hydrogen) atoms. The predicted molar refractivity (Wildman–Crippen MR) is 99.7 cm³/mol. The number of H-pyrrole nitrogens is 1. The maximum atomic E-state index is 12.2. The van der Waals surface area contributed by atoms with Crippen LogP contribution in [0.2, 0.25) is 0 Å². The van der Waals surface area contributed by atoms with Crippen LogP contribution in [0.3, 0.4) is 0 Å². The molecule has 3 rings (SSSR count). The van der Waals surface area contributed by atoms with Gasteiger partial charge in [0.25, 0.3) is 0 Å². The lowest BCUT2D eigenvalue weighted by atomic mass is 9.90. The maximum Gasteiger partial charge on any atom is 0.306 e. The Hall–Kier alpha value is -3.39. The van der Waals surface area contributed by atoms with E-state index in [9.17, 15) is 19.8 Å². The van der Waals surface area contributed by atoms with E-state index in [0.29, 0.717) is 11.3 Å². The van der Waals surface area contributed by atoms with Gasteiger partial charge in [0.05, 0.1) is 30.8 Å². The van der Waals surface area contributed by atoms with Crippen LogP contribution in [0.4, 0.5) is 0 Å². The van der Waals surface area contributed by atoms with Crippen molar-refractivity contribution in [2.75, 3.05) is 6.61 Å². The van der Waals surface area contributed by atoms with Crippen molar-refractivity contribution < 1.29 is 24.2 Å². The van der Waals surface area contributed by atoms with Crippen LogP contribution in [0.25, 0.3) is 11.3 Å². The van der Waals surface area contributed by atoms with Crippen LogP contribution in [0.5, 0.6) is 5.75 Å². The Labute approximate surface area is 160 Å². The SMILES string of the molecule is CCOC(=O)C[C@@H](c1cn[nH]c1-c1ccccc1)c1oc(CO)cc(=O)c1O. The number of carbonyl (C=O) groups is 1. The monoisotopic (exact) mass is 384 g/mol. The lowest BCUT2D eigenvalue weighted by Gasteiger charge is -2.17. The normalized spacial score (nSPS) is 11.9. The second-order valence-corrected chi connectivity index (χ2v) is 6.08. The lowest BCUT2D eigenvalue weighted by molar-refractivity contribution is -0.143. The summed E-state index contributed by atoms with van der Waals surface area (Å²) in [5.74, 6) is -2.12. The minimum Gasteiger partial charge on any atom is -0.502 e. The third kappa shape index (κ3) is 3.96. The summed E-state index contributed by atoms with van der Waals surface area (Å²) < 4.78 is 10.6. The Morgan fingerprint density at radius 3 is 2.75 bits per heavy atom. The summed E-state index contributed by atoms with van der Waals surface area (Å²) >= 11 is 0. The van der Waals surface area contributed by atoms with Crippen molar-refractivity contribution in [3.8, 4) is 17.0 Å². The molecule has 0 radical (unpaired) electrons. The Morgan fingerprint density at radius 1 is 1.32 bits per heavy atom. The fourth-order valence-electron chi connectivity index (χ4n) is 3.00. The van der Waals surface area contributed by atoms with Gasteiger partial charge < -0.3 is 19.4 Å². The molecule has 0 spiro atoms. The van der Waals surface area contributed by atoms with Crippen molar-refractivity contribution >= 4 is 5.97 Å². The number of nitrogens with one attached hydrogen (secondary N) is 1. The van der Waals surface area contributed by atoms with E-state index < -0.39 is 29.7 Å². The quantitative estimate of drug-likeness (QED) is 0.534. The third-order valence-electron chi connectivity index (χ3n) is 4.25. The maximum absolute atomic E-state index is 12.2. The van der Waals surface area contributed by atoms with E-state index in [-0.39, 0.29) is 24.5 Å². The zero-order chi connectivity index (χ0) is 20.1. The highest BCUT2D eigenvalue weighted by molar-refractivity contribution is 5.73. The molecule has 1 atom stereocenters. The van der Waals surface area contributed by atoms with Crippen molar-refractivity contribution in [2.45, 2.75) is 25.9 Å². The first kappa shape index (κ1) is 19.4. The molecule has 0 aliphatic carbocycles.